The second kappa shape index (κ2) is 6.15. The van der Waals surface area contributed by atoms with Crippen LogP contribution in [0.1, 0.15) is 17.0 Å². The molecule has 0 fully saturated rings. The van der Waals surface area contributed by atoms with Gasteiger partial charge in [-0.2, -0.15) is 8.42 Å². The zero-order valence-electron chi connectivity index (χ0n) is 11.5. The summed E-state index contributed by atoms with van der Waals surface area (Å²) in [6.45, 7) is 3.89. The van der Waals surface area contributed by atoms with Gasteiger partial charge in [-0.25, -0.2) is 0 Å². The highest BCUT2D eigenvalue weighted by Crippen LogP contribution is 2.13. The fourth-order valence-corrected chi connectivity index (χ4v) is 2.68. The number of hydrogen-bond acceptors (Lipinski definition) is 4. The van der Waals surface area contributed by atoms with Gasteiger partial charge in [-0.05, 0) is 38.1 Å². The molecule has 0 saturated heterocycles. The second-order valence-corrected chi connectivity index (χ2v) is 6.22. The van der Waals surface area contributed by atoms with E-state index in [1.54, 1.807) is 24.3 Å². The van der Waals surface area contributed by atoms with Crippen molar-refractivity contribution < 1.29 is 12.6 Å². The van der Waals surface area contributed by atoms with Crippen molar-refractivity contribution in [2.24, 2.45) is 0 Å². The predicted octanol–water partition coefficient (Wildman–Crippen LogP) is 2.65. The van der Waals surface area contributed by atoms with Gasteiger partial charge in [0, 0.05) is 17.8 Å². The molecule has 0 aliphatic heterocycles. The molecule has 20 heavy (non-hydrogen) atoms. The van der Waals surface area contributed by atoms with Gasteiger partial charge in [0.05, 0.1) is 11.5 Å². The van der Waals surface area contributed by atoms with Crippen LogP contribution in [0.25, 0.3) is 0 Å². The van der Waals surface area contributed by atoms with Crippen molar-refractivity contribution >= 4 is 10.1 Å². The Morgan fingerprint density at radius 2 is 1.75 bits per heavy atom. The fraction of sp³-hybridized carbons (Fsp3) is 0.267. The molecule has 5 heteroatoms. The summed E-state index contributed by atoms with van der Waals surface area (Å²) in [6.07, 6.45) is 0.465. The van der Waals surface area contributed by atoms with Gasteiger partial charge in [0.25, 0.3) is 10.1 Å². The molecule has 1 aromatic heterocycles. The van der Waals surface area contributed by atoms with Crippen LogP contribution in [0.5, 0.6) is 0 Å². The molecular weight excluding hydrogens is 274 g/mol. The summed E-state index contributed by atoms with van der Waals surface area (Å²) >= 11 is 0. The van der Waals surface area contributed by atoms with Gasteiger partial charge in [0.15, 0.2) is 0 Å². The Hall–Kier alpha value is -1.72. The van der Waals surface area contributed by atoms with Gasteiger partial charge in [0.1, 0.15) is 0 Å². The largest absolute Gasteiger partial charge is 0.296 e. The summed E-state index contributed by atoms with van der Waals surface area (Å²) in [5, 5.41) is 0. The van der Waals surface area contributed by atoms with Crippen molar-refractivity contribution in [2.75, 3.05) is 6.61 Å². The van der Waals surface area contributed by atoms with E-state index in [0.717, 1.165) is 17.0 Å². The zero-order chi connectivity index (χ0) is 14.6. The van der Waals surface area contributed by atoms with Crippen molar-refractivity contribution in [1.29, 1.82) is 0 Å². The lowest BCUT2D eigenvalue weighted by Gasteiger charge is -2.06. The molecule has 0 atom stereocenters. The molecule has 2 aromatic rings. The number of hydrogen-bond donors (Lipinski definition) is 0. The molecule has 1 aromatic carbocycles. The van der Waals surface area contributed by atoms with Gasteiger partial charge < -0.3 is 0 Å². The van der Waals surface area contributed by atoms with E-state index in [1.807, 2.05) is 32.0 Å². The standard InChI is InChI=1S/C15H17NO3S/c1-12-6-8-15(9-7-12)20(17,18)19-11-10-14-5-3-4-13(2)16-14/h3-9H,10-11H2,1-2H3. The minimum Gasteiger partial charge on any atom is -0.266 e. The first-order chi connectivity index (χ1) is 9.47. The number of aryl methyl sites for hydroxylation is 2. The van der Waals surface area contributed by atoms with Crippen LogP contribution in [0.4, 0.5) is 0 Å². The van der Waals surface area contributed by atoms with E-state index < -0.39 is 10.1 Å². The Balaban J connectivity index is 1.98. The fourth-order valence-electron chi connectivity index (χ4n) is 1.77. The number of pyridine rings is 1. The molecule has 0 aliphatic carbocycles. The second-order valence-electron chi connectivity index (χ2n) is 4.61. The highest BCUT2D eigenvalue weighted by atomic mass is 32.2. The molecular formula is C15H17NO3S. The Morgan fingerprint density at radius 3 is 2.40 bits per heavy atom. The van der Waals surface area contributed by atoms with E-state index in [1.165, 1.54) is 0 Å². The molecule has 2 rings (SSSR count). The molecule has 0 amide bonds. The summed E-state index contributed by atoms with van der Waals surface area (Å²) in [5.74, 6) is 0. The van der Waals surface area contributed by atoms with Crippen LogP contribution in [0.3, 0.4) is 0 Å². The Morgan fingerprint density at radius 1 is 1.05 bits per heavy atom. The SMILES string of the molecule is Cc1ccc(S(=O)(=O)OCCc2cccc(C)n2)cc1. The smallest absolute Gasteiger partial charge is 0.266 e. The predicted molar refractivity (Wildman–Crippen MR) is 77.0 cm³/mol. The Kier molecular flexibility index (Phi) is 4.52. The molecule has 4 nitrogen and oxygen atoms in total. The van der Waals surface area contributed by atoms with Crippen LogP contribution in [0.2, 0.25) is 0 Å². The van der Waals surface area contributed by atoms with Crippen molar-refractivity contribution in [3.05, 3.63) is 59.4 Å². The normalized spacial score (nSPS) is 11.5. The van der Waals surface area contributed by atoms with Gasteiger partial charge in [0.2, 0.25) is 0 Å². The van der Waals surface area contributed by atoms with E-state index >= 15 is 0 Å². The van der Waals surface area contributed by atoms with E-state index in [0.29, 0.717) is 6.42 Å². The summed E-state index contributed by atoms with van der Waals surface area (Å²) in [7, 11) is -3.69. The maximum absolute atomic E-state index is 12.0. The molecule has 0 saturated carbocycles. The molecule has 0 bridgehead atoms. The monoisotopic (exact) mass is 291 g/mol. The van der Waals surface area contributed by atoms with Gasteiger partial charge >= 0.3 is 0 Å². The highest BCUT2D eigenvalue weighted by molar-refractivity contribution is 7.86. The average Bonchev–Trinajstić information content (AvgIpc) is 2.39. The van der Waals surface area contributed by atoms with Crippen molar-refractivity contribution in [1.82, 2.24) is 4.98 Å². The maximum atomic E-state index is 12.0. The first-order valence-corrected chi connectivity index (χ1v) is 7.77. The summed E-state index contributed by atoms with van der Waals surface area (Å²) in [4.78, 5) is 4.48. The number of benzene rings is 1. The van der Waals surface area contributed by atoms with E-state index in [-0.39, 0.29) is 11.5 Å². The van der Waals surface area contributed by atoms with Crippen molar-refractivity contribution in [3.8, 4) is 0 Å². The average molecular weight is 291 g/mol. The van der Waals surface area contributed by atoms with Crippen molar-refractivity contribution in [3.63, 3.8) is 0 Å². The molecule has 106 valence electrons. The van der Waals surface area contributed by atoms with Gasteiger partial charge in [-0.15, -0.1) is 0 Å². The highest BCUT2D eigenvalue weighted by Gasteiger charge is 2.14. The van der Waals surface area contributed by atoms with Crippen molar-refractivity contribution in [2.45, 2.75) is 25.2 Å². The third-order valence-corrected chi connectivity index (χ3v) is 4.18. The minimum absolute atomic E-state index is 0.0899. The van der Waals surface area contributed by atoms with Crippen LogP contribution < -0.4 is 0 Å². The first kappa shape index (κ1) is 14.7. The molecule has 0 aliphatic rings. The molecule has 0 spiro atoms. The molecule has 0 N–H and O–H groups in total. The zero-order valence-corrected chi connectivity index (χ0v) is 12.4. The Labute approximate surface area is 119 Å². The summed E-state index contributed by atoms with van der Waals surface area (Å²) in [5.41, 5.74) is 2.74. The summed E-state index contributed by atoms with van der Waals surface area (Å²) < 4.78 is 28.9. The quantitative estimate of drug-likeness (QED) is 0.795. The third-order valence-electron chi connectivity index (χ3n) is 2.85. The Bertz CT molecular complexity index is 679. The molecule has 0 radical (unpaired) electrons. The topological polar surface area (TPSA) is 56.3 Å². The number of rotatable bonds is 5. The first-order valence-electron chi connectivity index (χ1n) is 6.36. The van der Waals surface area contributed by atoms with Crippen LogP contribution in [-0.2, 0) is 20.7 Å². The molecule has 1 heterocycles. The van der Waals surface area contributed by atoms with E-state index in [2.05, 4.69) is 4.98 Å². The van der Waals surface area contributed by atoms with Crippen LogP contribution >= 0.6 is 0 Å². The summed E-state index contributed by atoms with van der Waals surface area (Å²) in [6, 6.07) is 12.2. The van der Waals surface area contributed by atoms with Gasteiger partial charge in [-0.3, -0.25) is 9.17 Å². The van der Waals surface area contributed by atoms with Crippen LogP contribution in [0, 0.1) is 13.8 Å². The van der Waals surface area contributed by atoms with E-state index in [9.17, 15) is 8.42 Å². The lowest BCUT2D eigenvalue weighted by Crippen LogP contribution is -2.09. The van der Waals surface area contributed by atoms with E-state index in [4.69, 9.17) is 4.18 Å². The molecule has 0 unspecified atom stereocenters. The van der Waals surface area contributed by atoms with Crippen LogP contribution in [0.15, 0.2) is 47.4 Å². The third kappa shape index (κ3) is 3.88. The lowest BCUT2D eigenvalue weighted by atomic mass is 10.2. The maximum Gasteiger partial charge on any atom is 0.296 e. The minimum atomic E-state index is -3.69. The van der Waals surface area contributed by atoms with Crippen LogP contribution in [-0.4, -0.2) is 20.0 Å². The van der Waals surface area contributed by atoms with Gasteiger partial charge in [-0.1, -0.05) is 23.8 Å². The number of aromatic nitrogens is 1. The lowest BCUT2D eigenvalue weighted by molar-refractivity contribution is 0.321. The number of nitrogens with zero attached hydrogens (tertiary/aromatic N) is 1.